The number of furan rings is 1. The fourth-order valence-corrected chi connectivity index (χ4v) is 2.43. The Morgan fingerprint density at radius 1 is 1.35 bits per heavy atom. The van der Waals surface area contributed by atoms with Crippen LogP contribution in [0.5, 0.6) is 0 Å². The van der Waals surface area contributed by atoms with Gasteiger partial charge in [0.05, 0.1) is 6.10 Å². The smallest absolute Gasteiger partial charge is 0.138 e. The quantitative estimate of drug-likeness (QED) is 0.865. The second-order valence-electron chi connectivity index (χ2n) is 4.73. The lowest BCUT2D eigenvalue weighted by molar-refractivity contribution is -0.0270. The molecule has 3 unspecified atom stereocenters. The maximum atomic E-state index is 10.3. The maximum absolute atomic E-state index is 10.3. The van der Waals surface area contributed by atoms with Crippen LogP contribution in [0.4, 0.5) is 0 Å². The predicted molar refractivity (Wildman–Crippen MR) is 64.7 cm³/mol. The van der Waals surface area contributed by atoms with Crippen molar-refractivity contribution in [3.05, 3.63) is 36.1 Å². The molecular weight excluding hydrogens is 216 g/mol. The Balaban J connectivity index is 1.92. The van der Waals surface area contributed by atoms with Gasteiger partial charge in [0.1, 0.15) is 17.4 Å². The summed E-state index contributed by atoms with van der Waals surface area (Å²) in [6, 6.07) is 9.67. The van der Waals surface area contributed by atoms with Crippen LogP contribution >= 0.6 is 0 Å². The second-order valence-corrected chi connectivity index (χ2v) is 4.73. The maximum Gasteiger partial charge on any atom is 0.138 e. The number of hydrogen-bond donors (Lipinski definition) is 1. The number of hydrogen-bond acceptors (Lipinski definition) is 3. The van der Waals surface area contributed by atoms with Crippen LogP contribution in [0, 0.1) is 5.92 Å². The van der Waals surface area contributed by atoms with Crippen molar-refractivity contribution in [3.63, 3.8) is 0 Å². The van der Waals surface area contributed by atoms with Crippen molar-refractivity contribution in [2.75, 3.05) is 6.61 Å². The molecule has 0 amide bonds. The number of aliphatic hydroxyl groups excluding tert-OH is 1. The van der Waals surface area contributed by atoms with Crippen molar-refractivity contribution in [1.82, 2.24) is 0 Å². The summed E-state index contributed by atoms with van der Waals surface area (Å²) in [5.41, 5.74) is 0.812. The van der Waals surface area contributed by atoms with E-state index in [1.807, 2.05) is 30.3 Å². The van der Waals surface area contributed by atoms with E-state index in [-0.39, 0.29) is 6.10 Å². The van der Waals surface area contributed by atoms with Gasteiger partial charge in [0.25, 0.3) is 0 Å². The monoisotopic (exact) mass is 232 g/mol. The highest BCUT2D eigenvalue weighted by atomic mass is 16.5. The molecule has 1 aliphatic rings. The zero-order valence-electron chi connectivity index (χ0n) is 9.80. The van der Waals surface area contributed by atoms with Crippen molar-refractivity contribution >= 4 is 11.0 Å². The predicted octanol–water partition coefficient (Wildman–Crippen LogP) is 2.89. The normalized spacial score (nSPS) is 26.5. The van der Waals surface area contributed by atoms with Crippen LogP contribution in [0.2, 0.25) is 0 Å². The number of benzene rings is 1. The van der Waals surface area contributed by atoms with Crippen molar-refractivity contribution in [1.29, 1.82) is 0 Å². The Hall–Kier alpha value is -1.32. The molecule has 2 heterocycles. The van der Waals surface area contributed by atoms with Crippen LogP contribution in [-0.2, 0) is 4.74 Å². The number of fused-ring (bicyclic) bond motifs is 1. The van der Waals surface area contributed by atoms with Gasteiger partial charge < -0.3 is 14.3 Å². The molecular formula is C14H16O3. The van der Waals surface area contributed by atoms with Gasteiger partial charge in [-0.05, 0) is 24.5 Å². The van der Waals surface area contributed by atoms with E-state index in [1.54, 1.807) is 0 Å². The minimum atomic E-state index is -0.667. The van der Waals surface area contributed by atoms with E-state index in [2.05, 4.69) is 6.92 Å². The lowest BCUT2D eigenvalue weighted by atomic mass is 9.98. The topological polar surface area (TPSA) is 42.6 Å². The molecule has 90 valence electrons. The zero-order valence-corrected chi connectivity index (χ0v) is 9.80. The number of para-hydroxylation sites is 1. The standard InChI is InChI=1S/C14H16O3/c1-9-6-7-16-14(9)13(15)12-8-10-4-2-3-5-11(10)17-12/h2-5,8-9,13-15H,6-7H2,1H3. The lowest BCUT2D eigenvalue weighted by Crippen LogP contribution is -2.22. The first-order chi connectivity index (χ1) is 8.25. The van der Waals surface area contributed by atoms with Gasteiger partial charge >= 0.3 is 0 Å². The van der Waals surface area contributed by atoms with Crippen molar-refractivity contribution in [2.45, 2.75) is 25.6 Å². The summed E-state index contributed by atoms with van der Waals surface area (Å²) in [6.45, 7) is 2.83. The highest BCUT2D eigenvalue weighted by Crippen LogP contribution is 2.33. The van der Waals surface area contributed by atoms with Crippen LogP contribution < -0.4 is 0 Å². The first kappa shape index (κ1) is 10.8. The lowest BCUT2D eigenvalue weighted by Gasteiger charge is -2.19. The summed E-state index contributed by atoms with van der Waals surface area (Å²) in [4.78, 5) is 0. The molecule has 0 bridgehead atoms. The van der Waals surface area contributed by atoms with Gasteiger partial charge in [-0.15, -0.1) is 0 Å². The molecule has 0 saturated carbocycles. The largest absolute Gasteiger partial charge is 0.458 e. The van der Waals surface area contributed by atoms with E-state index in [0.717, 1.165) is 24.0 Å². The number of rotatable bonds is 2. The Morgan fingerprint density at radius 3 is 2.88 bits per heavy atom. The first-order valence-corrected chi connectivity index (χ1v) is 6.04. The summed E-state index contributed by atoms with van der Waals surface area (Å²) in [7, 11) is 0. The van der Waals surface area contributed by atoms with Crippen LogP contribution in [0.1, 0.15) is 25.2 Å². The highest BCUT2D eigenvalue weighted by molar-refractivity contribution is 5.77. The average molecular weight is 232 g/mol. The first-order valence-electron chi connectivity index (χ1n) is 6.04. The van der Waals surface area contributed by atoms with Gasteiger partial charge in [0.15, 0.2) is 0 Å². The fraction of sp³-hybridized carbons (Fsp3) is 0.429. The van der Waals surface area contributed by atoms with Crippen LogP contribution in [0.25, 0.3) is 11.0 Å². The fourth-order valence-electron chi connectivity index (χ4n) is 2.43. The van der Waals surface area contributed by atoms with Crippen LogP contribution in [0.3, 0.4) is 0 Å². The summed E-state index contributed by atoms with van der Waals surface area (Å²) in [5, 5.41) is 11.3. The molecule has 0 aliphatic carbocycles. The van der Waals surface area contributed by atoms with Crippen molar-refractivity contribution < 1.29 is 14.3 Å². The van der Waals surface area contributed by atoms with E-state index < -0.39 is 6.10 Å². The van der Waals surface area contributed by atoms with E-state index in [9.17, 15) is 5.11 Å². The molecule has 3 rings (SSSR count). The Kier molecular flexibility index (Phi) is 2.65. The molecule has 1 fully saturated rings. The third-order valence-corrected chi connectivity index (χ3v) is 3.49. The second kappa shape index (κ2) is 4.17. The SMILES string of the molecule is CC1CCOC1C(O)c1cc2ccccc2o1. The zero-order chi connectivity index (χ0) is 11.8. The third-order valence-electron chi connectivity index (χ3n) is 3.49. The molecule has 1 aliphatic heterocycles. The van der Waals surface area contributed by atoms with Gasteiger partial charge in [-0.3, -0.25) is 0 Å². The Morgan fingerprint density at radius 2 is 2.18 bits per heavy atom. The van der Waals surface area contributed by atoms with Crippen molar-refractivity contribution in [2.24, 2.45) is 5.92 Å². The van der Waals surface area contributed by atoms with Crippen LogP contribution in [0.15, 0.2) is 34.7 Å². The van der Waals surface area contributed by atoms with Gasteiger partial charge in [-0.1, -0.05) is 25.1 Å². The molecule has 2 aromatic rings. The summed E-state index contributed by atoms with van der Waals surface area (Å²) >= 11 is 0. The number of aliphatic hydroxyl groups is 1. The molecule has 3 nitrogen and oxygen atoms in total. The highest BCUT2D eigenvalue weighted by Gasteiger charge is 2.33. The van der Waals surface area contributed by atoms with E-state index in [0.29, 0.717) is 11.7 Å². The van der Waals surface area contributed by atoms with E-state index in [4.69, 9.17) is 9.15 Å². The number of ether oxygens (including phenoxy) is 1. The molecule has 3 atom stereocenters. The molecule has 1 saturated heterocycles. The Labute approximate surface area is 100.0 Å². The molecule has 0 radical (unpaired) electrons. The summed E-state index contributed by atoms with van der Waals surface area (Å²) in [5.74, 6) is 0.975. The third kappa shape index (κ3) is 1.85. The van der Waals surface area contributed by atoms with E-state index in [1.165, 1.54) is 0 Å². The minimum Gasteiger partial charge on any atom is -0.458 e. The van der Waals surface area contributed by atoms with Crippen LogP contribution in [-0.4, -0.2) is 17.8 Å². The van der Waals surface area contributed by atoms with Gasteiger partial charge in [-0.2, -0.15) is 0 Å². The average Bonchev–Trinajstić information content (AvgIpc) is 2.93. The Bertz CT molecular complexity index is 484. The molecule has 1 N–H and O–H groups in total. The summed E-state index contributed by atoms with van der Waals surface area (Å²) < 4.78 is 11.2. The molecule has 1 aromatic heterocycles. The molecule has 1 aromatic carbocycles. The van der Waals surface area contributed by atoms with Gasteiger partial charge in [0.2, 0.25) is 0 Å². The molecule has 0 spiro atoms. The molecule has 3 heteroatoms. The van der Waals surface area contributed by atoms with Crippen molar-refractivity contribution in [3.8, 4) is 0 Å². The van der Waals surface area contributed by atoms with E-state index >= 15 is 0 Å². The molecule has 17 heavy (non-hydrogen) atoms. The minimum absolute atomic E-state index is 0.143. The summed E-state index contributed by atoms with van der Waals surface area (Å²) in [6.07, 6.45) is 0.192. The van der Waals surface area contributed by atoms with Gasteiger partial charge in [-0.25, -0.2) is 0 Å². The van der Waals surface area contributed by atoms with Gasteiger partial charge in [0, 0.05) is 12.0 Å².